The highest BCUT2D eigenvalue weighted by atomic mass is 19.1. The van der Waals surface area contributed by atoms with E-state index in [0.717, 1.165) is 24.8 Å². The summed E-state index contributed by atoms with van der Waals surface area (Å²) in [6.45, 7) is 28.1. The molecule has 1 aromatic carbocycles. The molecule has 0 spiro atoms. The Labute approximate surface area is 349 Å². The van der Waals surface area contributed by atoms with E-state index in [2.05, 4.69) is 36.9 Å². The number of carbonyl (C=O) groups is 4. The molecule has 13 nitrogen and oxygen atoms in total. The number of rotatable bonds is 23. The standard InChI is InChI=1S/C22H31FN2O5.C20H29FN2O4.C2H6/c1-4-21(26)25-10-5-6-18(25)15-30-22(27)24-9-11-28-12-13-29-20-14-17(23)7-8-19(20)16(2)3;1-5-20(25)23-8-6-17(14-23)13-19(24)22-7-9-26-10-11-27-18(15(2)3)12-16(4)21;1-2/h4,7-8,14,16,18H,1,5-6,9-13,15H2,2-3H3,(H,24,27);5,12,17H,1-2,4,6-11,13-14H2,3H3,(H,22,24);1-2H3/b;18-12+;. The molecule has 59 heavy (non-hydrogen) atoms. The first kappa shape index (κ1) is 52.0. The molecule has 2 saturated heterocycles. The predicted octanol–water partition coefficient (Wildman–Crippen LogP) is 6.78. The summed E-state index contributed by atoms with van der Waals surface area (Å²) in [5.41, 5.74) is 1.54. The van der Waals surface area contributed by atoms with Gasteiger partial charge in [-0.3, -0.25) is 14.4 Å². The first-order valence-corrected chi connectivity index (χ1v) is 20.2. The highest BCUT2D eigenvalue weighted by molar-refractivity contribution is 5.88. The van der Waals surface area contributed by atoms with Gasteiger partial charge in [-0.15, -0.1) is 0 Å². The van der Waals surface area contributed by atoms with Gasteiger partial charge in [-0.05, 0) is 67.4 Å². The van der Waals surface area contributed by atoms with Crippen LogP contribution in [-0.4, -0.2) is 119 Å². The minimum absolute atomic E-state index is 0.0540. The minimum atomic E-state index is -0.601. The van der Waals surface area contributed by atoms with Crippen molar-refractivity contribution in [3.8, 4) is 5.75 Å². The largest absolute Gasteiger partial charge is 0.491 e. The number of hydrogen-bond acceptors (Lipinski definition) is 9. The van der Waals surface area contributed by atoms with Gasteiger partial charge in [0.2, 0.25) is 17.7 Å². The molecule has 2 atom stereocenters. The van der Waals surface area contributed by atoms with Gasteiger partial charge in [0.15, 0.2) is 0 Å². The molecule has 0 bridgehead atoms. The number of allylic oxidation sites excluding steroid dienone is 3. The quantitative estimate of drug-likeness (QED) is 0.0528. The van der Waals surface area contributed by atoms with Gasteiger partial charge >= 0.3 is 6.09 Å². The number of carbonyl (C=O) groups excluding carboxylic acids is 4. The number of ether oxygens (including phenoxy) is 5. The third-order valence-electron chi connectivity index (χ3n) is 8.85. The second-order valence-electron chi connectivity index (χ2n) is 13.7. The van der Waals surface area contributed by atoms with E-state index in [-0.39, 0.29) is 67.8 Å². The summed E-state index contributed by atoms with van der Waals surface area (Å²) < 4.78 is 53.2. The Morgan fingerprint density at radius 1 is 0.898 bits per heavy atom. The molecule has 2 aliphatic heterocycles. The van der Waals surface area contributed by atoms with Gasteiger partial charge in [0.05, 0.1) is 32.5 Å². The summed E-state index contributed by atoms with van der Waals surface area (Å²) in [6.07, 6.45) is 6.11. The van der Waals surface area contributed by atoms with E-state index in [1.54, 1.807) is 22.8 Å². The van der Waals surface area contributed by atoms with E-state index in [1.165, 1.54) is 30.4 Å². The number of alkyl carbamates (subject to hydrolysis) is 1. The van der Waals surface area contributed by atoms with Crippen LogP contribution in [0.1, 0.15) is 71.8 Å². The Balaban J connectivity index is 0.000000569. The average Bonchev–Trinajstić information content (AvgIpc) is 3.89. The van der Waals surface area contributed by atoms with Crippen LogP contribution in [0.25, 0.3) is 0 Å². The van der Waals surface area contributed by atoms with E-state index in [9.17, 15) is 28.0 Å². The van der Waals surface area contributed by atoms with Crippen molar-refractivity contribution in [2.75, 3.05) is 79.0 Å². The van der Waals surface area contributed by atoms with Crippen molar-refractivity contribution in [2.45, 2.75) is 72.3 Å². The van der Waals surface area contributed by atoms with E-state index in [1.807, 2.05) is 27.7 Å². The smallest absolute Gasteiger partial charge is 0.407 e. The molecule has 330 valence electrons. The molecular weight excluding hydrogens is 766 g/mol. The molecule has 0 radical (unpaired) electrons. The first-order valence-electron chi connectivity index (χ1n) is 20.2. The van der Waals surface area contributed by atoms with Crippen LogP contribution in [0.3, 0.4) is 0 Å². The van der Waals surface area contributed by atoms with Gasteiger partial charge in [0.1, 0.15) is 43.0 Å². The van der Waals surface area contributed by atoms with Crippen molar-refractivity contribution < 1.29 is 51.6 Å². The van der Waals surface area contributed by atoms with Gasteiger partial charge in [0.25, 0.3) is 0 Å². The Kier molecular flexibility index (Phi) is 26.5. The highest BCUT2D eigenvalue weighted by Crippen LogP contribution is 2.27. The number of likely N-dealkylation sites (tertiary alicyclic amines) is 2. The van der Waals surface area contributed by atoms with Crippen molar-refractivity contribution in [3.63, 3.8) is 0 Å². The van der Waals surface area contributed by atoms with Crippen LogP contribution < -0.4 is 15.4 Å². The molecule has 4 amide bonds. The molecule has 3 rings (SSSR count). The van der Waals surface area contributed by atoms with Gasteiger partial charge < -0.3 is 44.1 Å². The molecular formula is C44H66F2N4O9. The molecule has 0 aliphatic carbocycles. The van der Waals surface area contributed by atoms with E-state index in [4.69, 9.17) is 23.7 Å². The van der Waals surface area contributed by atoms with Gasteiger partial charge in [0, 0.05) is 51.3 Å². The number of amides is 4. The summed E-state index contributed by atoms with van der Waals surface area (Å²) >= 11 is 0. The molecule has 2 N–H and O–H groups in total. The van der Waals surface area contributed by atoms with Crippen LogP contribution in [0, 0.1) is 11.7 Å². The van der Waals surface area contributed by atoms with Crippen LogP contribution in [0.5, 0.6) is 5.75 Å². The number of benzene rings is 1. The zero-order chi connectivity index (χ0) is 44.2. The highest BCUT2D eigenvalue weighted by Gasteiger charge is 2.28. The molecule has 15 heteroatoms. The lowest BCUT2D eigenvalue weighted by Crippen LogP contribution is -2.39. The fourth-order valence-corrected chi connectivity index (χ4v) is 5.96. The maximum absolute atomic E-state index is 13.4. The average molecular weight is 833 g/mol. The molecule has 2 aliphatic rings. The van der Waals surface area contributed by atoms with Crippen LogP contribution in [-0.2, 0) is 33.3 Å². The van der Waals surface area contributed by atoms with E-state index >= 15 is 0 Å². The van der Waals surface area contributed by atoms with Crippen LogP contribution in [0.4, 0.5) is 13.6 Å². The Bertz CT molecular complexity index is 1550. The maximum Gasteiger partial charge on any atom is 0.407 e. The SMILES string of the molecule is C=CC(=O)N1CCC(CC(=O)NCCOCCO/C(=C/C(=C)F)C(=C)C)C1.C=CC(=O)N1CCCC1COC(=O)NCCOCCOc1cc(F)ccc1C(C)C.CC. The predicted molar refractivity (Wildman–Crippen MR) is 225 cm³/mol. The van der Waals surface area contributed by atoms with E-state index in [0.29, 0.717) is 76.1 Å². The third-order valence-corrected chi connectivity index (χ3v) is 8.85. The number of nitrogens with one attached hydrogen (secondary N) is 2. The van der Waals surface area contributed by atoms with Crippen LogP contribution in [0.15, 0.2) is 79.9 Å². The second kappa shape index (κ2) is 30.1. The number of hydrogen-bond donors (Lipinski definition) is 2. The van der Waals surface area contributed by atoms with Crippen LogP contribution >= 0.6 is 0 Å². The van der Waals surface area contributed by atoms with Crippen molar-refractivity contribution in [1.82, 2.24) is 20.4 Å². The van der Waals surface area contributed by atoms with Crippen LogP contribution in [0.2, 0.25) is 0 Å². The summed E-state index contributed by atoms with van der Waals surface area (Å²) in [7, 11) is 0. The second-order valence-corrected chi connectivity index (χ2v) is 13.7. The molecule has 2 unspecified atom stereocenters. The van der Waals surface area contributed by atoms with Crippen molar-refractivity contribution in [3.05, 3.63) is 91.3 Å². The van der Waals surface area contributed by atoms with Gasteiger partial charge in [-0.1, -0.05) is 60.1 Å². The molecule has 2 heterocycles. The summed E-state index contributed by atoms with van der Waals surface area (Å²) in [4.78, 5) is 50.3. The first-order chi connectivity index (χ1) is 28.2. The van der Waals surface area contributed by atoms with Gasteiger partial charge in [-0.2, -0.15) is 0 Å². The lowest BCUT2D eigenvalue weighted by molar-refractivity contribution is -0.127. The summed E-state index contributed by atoms with van der Waals surface area (Å²) in [6, 6.07) is 4.42. The molecule has 0 saturated carbocycles. The zero-order valence-corrected chi connectivity index (χ0v) is 35.7. The number of nitrogens with zero attached hydrogens (tertiary/aromatic N) is 2. The third kappa shape index (κ3) is 21.5. The minimum Gasteiger partial charge on any atom is -0.491 e. The normalized spacial score (nSPS) is 15.8. The number of halogens is 2. The van der Waals surface area contributed by atoms with Crippen molar-refractivity contribution in [2.24, 2.45) is 5.92 Å². The maximum atomic E-state index is 13.4. The Hall–Kier alpha value is -5.02. The summed E-state index contributed by atoms with van der Waals surface area (Å²) in [5.74, 6) is 0.0324. The topological polar surface area (TPSA) is 145 Å². The molecule has 0 aromatic heterocycles. The summed E-state index contributed by atoms with van der Waals surface area (Å²) in [5, 5.41) is 5.40. The van der Waals surface area contributed by atoms with E-state index < -0.39 is 11.9 Å². The fraction of sp³-hybridized carbons (Fsp3) is 0.545. The molecule has 2 fully saturated rings. The zero-order valence-electron chi connectivity index (χ0n) is 35.7. The lowest BCUT2D eigenvalue weighted by atomic mass is 10.0. The van der Waals surface area contributed by atoms with Crippen molar-refractivity contribution in [1.29, 1.82) is 0 Å². The Morgan fingerprint density at radius 2 is 1.56 bits per heavy atom. The van der Waals surface area contributed by atoms with Crippen molar-refractivity contribution >= 4 is 23.8 Å². The van der Waals surface area contributed by atoms with Gasteiger partial charge in [-0.25, -0.2) is 13.6 Å². The fourth-order valence-electron chi connectivity index (χ4n) is 5.96. The lowest BCUT2D eigenvalue weighted by Gasteiger charge is -2.23. The monoisotopic (exact) mass is 832 g/mol. The Morgan fingerprint density at radius 3 is 2.19 bits per heavy atom. The molecule has 1 aromatic rings.